The third-order valence-electron chi connectivity index (χ3n) is 6.04. The first-order valence-electron chi connectivity index (χ1n) is 11.1. The number of rotatable bonds is 6. The number of sulfonamides is 1. The van der Waals surface area contributed by atoms with Gasteiger partial charge in [-0.3, -0.25) is 9.78 Å². The van der Waals surface area contributed by atoms with E-state index in [9.17, 15) is 26.4 Å². The lowest BCUT2D eigenvalue weighted by Crippen LogP contribution is -2.42. The van der Waals surface area contributed by atoms with Crippen LogP contribution in [0.25, 0.3) is 11.1 Å². The van der Waals surface area contributed by atoms with E-state index >= 15 is 0 Å². The van der Waals surface area contributed by atoms with Crippen LogP contribution in [0.15, 0.2) is 59.8 Å². The number of alkyl halides is 3. The number of hydrogen-bond acceptors (Lipinski definition) is 6. The fourth-order valence-corrected chi connectivity index (χ4v) is 5.50. The third kappa shape index (κ3) is 5.49. The van der Waals surface area contributed by atoms with Crippen LogP contribution in [0, 0.1) is 6.92 Å². The van der Waals surface area contributed by atoms with E-state index in [1.807, 2.05) is 0 Å². The maximum Gasteiger partial charge on any atom is 0.417 e. The molecule has 0 radical (unpaired) electrons. The van der Waals surface area contributed by atoms with Crippen molar-refractivity contribution in [3.05, 3.63) is 71.7 Å². The van der Waals surface area contributed by atoms with E-state index in [0.717, 1.165) is 12.3 Å². The molecular weight excluding hydrogens is 495 g/mol. The Bertz CT molecular complexity index is 1370. The highest BCUT2D eigenvalue weighted by Crippen LogP contribution is 2.31. The summed E-state index contributed by atoms with van der Waals surface area (Å²) < 4.78 is 66.3. The zero-order chi connectivity index (χ0) is 26.1. The molecule has 1 amide bonds. The molecule has 0 bridgehead atoms. The number of pyridine rings is 2. The van der Waals surface area contributed by atoms with Gasteiger partial charge in [-0.2, -0.15) is 17.5 Å². The van der Waals surface area contributed by atoms with Crippen molar-refractivity contribution in [1.82, 2.24) is 14.3 Å². The molecule has 190 valence electrons. The SMILES string of the molecule is Cc1cc(C(F)(F)F)cnc1NC1CCN(S(=O)(=O)c2ccc(-c3ccnc(C(N)=O)c3)cc2)CC1. The number of anilines is 1. The summed E-state index contributed by atoms with van der Waals surface area (Å²) in [5.74, 6) is -0.297. The predicted molar refractivity (Wildman–Crippen MR) is 128 cm³/mol. The summed E-state index contributed by atoms with van der Waals surface area (Å²) in [4.78, 5) is 19.3. The number of carbonyl (C=O) groups is 1. The monoisotopic (exact) mass is 519 g/mol. The van der Waals surface area contributed by atoms with Crippen molar-refractivity contribution in [2.45, 2.75) is 36.9 Å². The molecule has 12 heteroatoms. The lowest BCUT2D eigenvalue weighted by Gasteiger charge is -2.32. The molecule has 1 saturated heterocycles. The lowest BCUT2D eigenvalue weighted by atomic mass is 10.1. The summed E-state index contributed by atoms with van der Waals surface area (Å²) in [5.41, 5.74) is 6.34. The number of halogens is 3. The Morgan fingerprint density at radius 2 is 1.72 bits per heavy atom. The average Bonchev–Trinajstić information content (AvgIpc) is 2.85. The van der Waals surface area contributed by atoms with Crippen molar-refractivity contribution in [2.24, 2.45) is 5.73 Å². The van der Waals surface area contributed by atoms with Gasteiger partial charge in [0.05, 0.1) is 10.5 Å². The Kier molecular flexibility index (Phi) is 7.01. The molecule has 0 unspecified atom stereocenters. The second-order valence-corrected chi connectivity index (χ2v) is 10.5. The summed E-state index contributed by atoms with van der Waals surface area (Å²) in [6, 6.07) is 10.5. The third-order valence-corrected chi connectivity index (χ3v) is 7.95. The van der Waals surface area contributed by atoms with Gasteiger partial charge in [0.2, 0.25) is 10.0 Å². The summed E-state index contributed by atoms with van der Waals surface area (Å²) in [7, 11) is -3.73. The van der Waals surface area contributed by atoms with Gasteiger partial charge in [-0.15, -0.1) is 0 Å². The molecule has 0 aliphatic carbocycles. The number of piperidine rings is 1. The van der Waals surface area contributed by atoms with Gasteiger partial charge < -0.3 is 11.1 Å². The summed E-state index contributed by atoms with van der Waals surface area (Å²) >= 11 is 0. The Hall–Kier alpha value is -3.51. The fourth-order valence-electron chi connectivity index (χ4n) is 4.03. The molecule has 1 aliphatic rings. The van der Waals surface area contributed by atoms with Crippen molar-refractivity contribution in [3.8, 4) is 11.1 Å². The first-order chi connectivity index (χ1) is 16.9. The van der Waals surface area contributed by atoms with Gasteiger partial charge in [0.15, 0.2) is 0 Å². The zero-order valence-corrected chi connectivity index (χ0v) is 20.1. The highest BCUT2D eigenvalue weighted by atomic mass is 32.2. The first kappa shape index (κ1) is 25.6. The minimum absolute atomic E-state index is 0.113. The molecule has 2 aromatic heterocycles. The molecule has 0 atom stereocenters. The van der Waals surface area contributed by atoms with Crippen LogP contribution in [0.4, 0.5) is 19.0 Å². The lowest BCUT2D eigenvalue weighted by molar-refractivity contribution is -0.137. The summed E-state index contributed by atoms with van der Waals surface area (Å²) in [6.45, 7) is 2.07. The van der Waals surface area contributed by atoms with Crippen LogP contribution in [0.5, 0.6) is 0 Å². The standard InChI is InChI=1S/C24H24F3N5O3S/c1-15-12-18(24(25,26)27)14-30-23(15)31-19-7-10-32(11-8-19)36(34,35)20-4-2-16(3-5-20)17-6-9-29-21(13-17)22(28)33/h2-6,9,12-14,19H,7-8,10-11H2,1H3,(H2,28,33)(H,30,31). The molecule has 1 fully saturated rings. The van der Waals surface area contributed by atoms with Gasteiger partial charge in [0.25, 0.3) is 5.91 Å². The number of hydrogen-bond donors (Lipinski definition) is 2. The smallest absolute Gasteiger partial charge is 0.367 e. The second-order valence-electron chi connectivity index (χ2n) is 8.53. The van der Waals surface area contributed by atoms with Gasteiger partial charge >= 0.3 is 6.18 Å². The zero-order valence-electron chi connectivity index (χ0n) is 19.3. The highest BCUT2D eigenvalue weighted by molar-refractivity contribution is 7.89. The van der Waals surface area contributed by atoms with Crippen molar-refractivity contribution in [2.75, 3.05) is 18.4 Å². The molecule has 8 nitrogen and oxygen atoms in total. The van der Waals surface area contributed by atoms with Crippen LogP contribution < -0.4 is 11.1 Å². The van der Waals surface area contributed by atoms with Crippen molar-refractivity contribution < 1.29 is 26.4 Å². The van der Waals surface area contributed by atoms with Crippen molar-refractivity contribution >= 4 is 21.7 Å². The number of nitrogens with one attached hydrogen (secondary N) is 1. The van der Waals surface area contributed by atoms with Crippen LogP contribution in [-0.2, 0) is 16.2 Å². The Balaban J connectivity index is 1.40. The number of nitrogens with zero attached hydrogens (tertiary/aromatic N) is 3. The average molecular weight is 520 g/mol. The highest BCUT2D eigenvalue weighted by Gasteiger charge is 2.32. The molecule has 3 aromatic rings. The minimum atomic E-state index is -4.46. The quantitative estimate of drug-likeness (QED) is 0.511. The first-order valence-corrected chi connectivity index (χ1v) is 12.6. The number of amides is 1. The number of nitrogens with two attached hydrogens (primary N) is 1. The van der Waals surface area contributed by atoms with E-state index in [2.05, 4.69) is 15.3 Å². The Morgan fingerprint density at radius 3 is 2.31 bits per heavy atom. The Morgan fingerprint density at radius 1 is 1.06 bits per heavy atom. The second kappa shape index (κ2) is 9.86. The van der Waals surface area contributed by atoms with Crippen LogP contribution in [0.2, 0.25) is 0 Å². The van der Waals surface area contributed by atoms with E-state index in [1.54, 1.807) is 25.1 Å². The van der Waals surface area contributed by atoms with Crippen LogP contribution >= 0.6 is 0 Å². The summed E-state index contributed by atoms with van der Waals surface area (Å²) in [5, 5.41) is 3.14. The summed E-state index contributed by atoms with van der Waals surface area (Å²) in [6.07, 6.45) is -1.25. The number of aromatic nitrogens is 2. The minimum Gasteiger partial charge on any atom is -0.367 e. The van der Waals surface area contributed by atoms with Crippen LogP contribution in [0.3, 0.4) is 0 Å². The molecule has 1 aliphatic heterocycles. The van der Waals surface area contributed by atoms with Gasteiger partial charge in [0.1, 0.15) is 11.5 Å². The number of carbonyl (C=O) groups excluding carboxylic acids is 1. The molecule has 3 N–H and O–H groups in total. The van der Waals surface area contributed by atoms with Crippen LogP contribution in [-0.4, -0.2) is 47.7 Å². The molecule has 0 spiro atoms. The van der Waals surface area contributed by atoms with E-state index in [0.29, 0.717) is 35.3 Å². The van der Waals surface area contributed by atoms with E-state index in [-0.39, 0.29) is 29.7 Å². The van der Waals surface area contributed by atoms with E-state index < -0.39 is 27.7 Å². The van der Waals surface area contributed by atoms with E-state index in [1.165, 1.54) is 28.7 Å². The molecule has 4 rings (SSSR count). The Labute approximate surface area is 206 Å². The largest absolute Gasteiger partial charge is 0.417 e. The maximum absolute atomic E-state index is 13.1. The van der Waals surface area contributed by atoms with Gasteiger partial charge in [-0.05, 0) is 66.8 Å². The molecule has 3 heterocycles. The molecule has 1 aromatic carbocycles. The molecule has 36 heavy (non-hydrogen) atoms. The predicted octanol–water partition coefficient (Wildman–Crippen LogP) is 3.83. The maximum atomic E-state index is 13.1. The molecular formula is C24H24F3N5O3S. The molecule has 0 saturated carbocycles. The van der Waals surface area contributed by atoms with Gasteiger partial charge in [-0.1, -0.05) is 12.1 Å². The van der Waals surface area contributed by atoms with Crippen molar-refractivity contribution in [1.29, 1.82) is 0 Å². The number of primary amides is 1. The van der Waals surface area contributed by atoms with Gasteiger partial charge in [0, 0.05) is 31.5 Å². The van der Waals surface area contributed by atoms with Crippen molar-refractivity contribution in [3.63, 3.8) is 0 Å². The van der Waals surface area contributed by atoms with Crippen LogP contribution in [0.1, 0.15) is 34.5 Å². The fraction of sp³-hybridized carbons (Fsp3) is 0.292. The van der Waals surface area contributed by atoms with Gasteiger partial charge in [-0.25, -0.2) is 13.4 Å². The normalized spacial score (nSPS) is 15.6. The van der Waals surface area contributed by atoms with E-state index in [4.69, 9.17) is 5.73 Å². The number of aryl methyl sites for hydroxylation is 1. The topological polar surface area (TPSA) is 118 Å². The number of benzene rings is 1.